The number of thiazole rings is 1. The van der Waals surface area contributed by atoms with Crippen LogP contribution in [0.5, 0.6) is 0 Å². The van der Waals surface area contributed by atoms with Crippen molar-refractivity contribution in [3.63, 3.8) is 0 Å². The lowest BCUT2D eigenvalue weighted by molar-refractivity contribution is -0.121. The number of aromatic nitrogens is 1. The maximum Gasteiger partial charge on any atom is 0.266 e. The van der Waals surface area contributed by atoms with Gasteiger partial charge in [0.05, 0.1) is 20.0 Å². The molecule has 0 spiro atoms. The second-order valence-electron chi connectivity index (χ2n) is 8.11. The third-order valence-electron chi connectivity index (χ3n) is 5.72. The summed E-state index contributed by atoms with van der Waals surface area (Å²) in [5.74, 6) is 0.231. The Morgan fingerprint density at radius 1 is 1.14 bits per heavy atom. The molecular weight excluding hydrogens is 550 g/mol. The normalized spacial score (nSPS) is 17.9. The molecule has 1 atom stereocenters. The first-order valence-corrected chi connectivity index (χ1v) is 16.6. The molecule has 13 heteroatoms. The summed E-state index contributed by atoms with van der Waals surface area (Å²) in [6.45, 7) is 0.802. The molecule has 1 aliphatic rings. The van der Waals surface area contributed by atoms with Crippen molar-refractivity contribution in [1.29, 1.82) is 0 Å². The highest BCUT2D eigenvalue weighted by molar-refractivity contribution is 7.98. The van der Waals surface area contributed by atoms with Crippen molar-refractivity contribution >= 4 is 70.7 Å². The van der Waals surface area contributed by atoms with Crippen LogP contribution < -0.4 is 4.80 Å². The Hall–Kier alpha value is -1.70. The monoisotopic (exact) mass is 573 g/mol. The minimum Gasteiger partial charge on any atom is -0.316 e. The van der Waals surface area contributed by atoms with Crippen molar-refractivity contribution < 1.29 is 21.6 Å². The third-order valence-corrected chi connectivity index (χ3v) is 10.6. The highest BCUT2D eigenvalue weighted by Gasteiger charge is 2.39. The molecule has 0 aliphatic carbocycles. The third kappa shape index (κ3) is 5.52. The van der Waals surface area contributed by atoms with Gasteiger partial charge in [-0.15, -0.1) is 0 Å². The van der Waals surface area contributed by atoms with Crippen LogP contribution in [0.3, 0.4) is 0 Å². The van der Waals surface area contributed by atoms with Crippen LogP contribution in [0.2, 0.25) is 5.02 Å². The van der Waals surface area contributed by atoms with Crippen molar-refractivity contribution in [2.45, 2.75) is 35.2 Å². The molecule has 3 aromatic rings. The van der Waals surface area contributed by atoms with E-state index in [9.17, 15) is 21.6 Å². The first-order valence-electron chi connectivity index (χ1n) is 10.7. The number of hydrogen-bond acceptors (Lipinski definition) is 7. The second-order valence-corrected chi connectivity index (χ2v) is 14.4. The summed E-state index contributed by atoms with van der Waals surface area (Å²) in [5, 5.41) is 0.423. The van der Waals surface area contributed by atoms with Gasteiger partial charge in [-0.1, -0.05) is 22.9 Å². The van der Waals surface area contributed by atoms with Crippen LogP contribution in [0, 0.1) is 0 Å². The van der Waals surface area contributed by atoms with E-state index in [-0.39, 0.29) is 16.3 Å². The number of carbonyl (C=O) groups excluding carboxylic acids is 1. The number of benzene rings is 2. The molecule has 0 radical (unpaired) electrons. The Balaban J connectivity index is 1.74. The summed E-state index contributed by atoms with van der Waals surface area (Å²) in [5.41, 5.74) is 0.778. The van der Waals surface area contributed by atoms with Gasteiger partial charge in [-0.2, -0.15) is 21.1 Å². The molecule has 1 aromatic heterocycles. The molecule has 188 valence electrons. The first kappa shape index (κ1) is 26.4. The lowest BCUT2D eigenvalue weighted by Crippen LogP contribution is -2.40. The van der Waals surface area contributed by atoms with E-state index in [1.165, 1.54) is 39.9 Å². The maximum atomic E-state index is 13.3. The van der Waals surface area contributed by atoms with Gasteiger partial charge in [0.25, 0.3) is 5.91 Å². The van der Waals surface area contributed by atoms with E-state index in [2.05, 4.69) is 4.99 Å². The zero-order valence-electron chi connectivity index (χ0n) is 19.0. The van der Waals surface area contributed by atoms with Crippen LogP contribution in [0.1, 0.15) is 12.8 Å². The van der Waals surface area contributed by atoms with Crippen LogP contribution in [-0.2, 0) is 31.2 Å². The lowest BCUT2D eigenvalue weighted by Gasteiger charge is -2.21. The minimum atomic E-state index is -3.89. The van der Waals surface area contributed by atoms with E-state index in [0.717, 1.165) is 17.5 Å². The summed E-state index contributed by atoms with van der Waals surface area (Å²) in [7, 11) is -7.28. The Morgan fingerprint density at radius 2 is 1.83 bits per heavy atom. The molecular formula is C22H24ClN3O5S4. The second kappa shape index (κ2) is 10.3. The number of halogens is 1. The molecule has 1 unspecified atom stereocenters. The Morgan fingerprint density at radius 3 is 2.49 bits per heavy atom. The fourth-order valence-corrected chi connectivity index (χ4v) is 7.92. The molecule has 2 aromatic carbocycles. The van der Waals surface area contributed by atoms with Crippen LogP contribution in [0.25, 0.3) is 10.2 Å². The lowest BCUT2D eigenvalue weighted by atomic mass is 10.2. The Kier molecular flexibility index (Phi) is 7.79. The van der Waals surface area contributed by atoms with Crippen molar-refractivity contribution in [2.75, 3.05) is 24.8 Å². The molecule has 1 amide bonds. The predicted molar refractivity (Wildman–Crippen MR) is 140 cm³/mol. The topological polar surface area (TPSA) is 106 Å². The van der Waals surface area contributed by atoms with Crippen LogP contribution in [-0.4, -0.2) is 62.5 Å². The van der Waals surface area contributed by atoms with Crippen LogP contribution in [0.15, 0.2) is 57.2 Å². The summed E-state index contributed by atoms with van der Waals surface area (Å²) >= 11 is 8.75. The smallest absolute Gasteiger partial charge is 0.266 e. The highest BCUT2D eigenvalue weighted by Crippen LogP contribution is 2.28. The number of aryl methyl sites for hydroxylation is 1. The zero-order valence-corrected chi connectivity index (χ0v) is 23.1. The van der Waals surface area contributed by atoms with Crippen molar-refractivity contribution in [1.82, 2.24) is 8.87 Å². The van der Waals surface area contributed by atoms with Gasteiger partial charge in [-0.3, -0.25) is 4.79 Å². The summed E-state index contributed by atoms with van der Waals surface area (Å²) in [6, 6.07) is 9.81. The number of rotatable bonds is 7. The molecule has 0 saturated carbocycles. The number of carbonyl (C=O) groups is 1. The summed E-state index contributed by atoms with van der Waals surface area (Å²) in [4.78, 5) is 18.3. The van der Waals surface area contributed by atoms with Crippen LogP contribution in [0.4, 0.5) is 0 Å². The van der Waals surface area contributed by atoms with E-state index >= 15 is 0 Å². The van der Waals surface area contributed by atoms with Crippen molar-refractivity contribution in [3.8, 4) is 0 Å². The van der Waals surface area contributed by atoms with Gasteiger partial charge in [0.1, 0.15) is 6.04 Å². The van der Waals surface area contributed by atoms with Gasteiger partial charge in [0.2, 0.25) is 10.0 Å². The SMILES string of the molecule is CSCCn1c(=NC(=O)C2CCCN2S(=O)(=O)c2ccc(Cl)cc2)sc2cc(S(C)(=O)=O)ccc21. The standard InChI is InChI=1S/C22H24ClN3O5S4/c1-32-13-12-25-18-10-9-17(34(2,28)29)14-20(18)33-22(25)24-21(27)19-4-3-11-26(19)35(30,31)16-7-5-15(23)6-8-16/h5-10,14,19H,3-4,11-13H2,1-2H3. The van der Waals surface area contributed by atoms with Crippen molar-refractivity contribution in [3.05, 3.63) is 52.3 Å². The number of amides is 1. The van der Waals surface area contributed by atoms with E-state index in [0.29, 0.717) is 33.9 Å². The van der Waals surface area contributed by atoms with E-state index in [4.69, 9.17) is 11.6 Å². The molecule has 0 bridgehead atoms. The van der Waals surface area contributed by atoms with Gasteiger partial charge >= 0.3 is 0 Å². The van der Waals surface area contributed by atoms with Gasteiger partial charge in [-0.05, 0) is 61.6 Å². The fourth-order valence-electron chi connectivity index (χ4n) is 3.95. The first-order chi connectivity index (χ1) is 16.5. The summed E-state index contributed by atoms with van der Waals surface area (Å²) < 4.78 is 54.2. The molecule has 0 N–H and O–H groups in total. The number of thioether (sulfide) groups is 1. The summed E-state index contributed by atoms with van der Waals surface area (Å²) in [6.07, 6.45) is 4.05. The largest absolute Gasteiger partial charge is 0.316 e. The fraction of sp³-hybridized carbons (Fsp3) is 0.364. The predicted octanol–water partition coefficient (Wildman–Crippen LogP) is 3.40. The van der Waals surface area contributed by atoms with E-state index in [1.54, 1.807) is 30.0 Å². The maximum absolute atomic E-state index is 13.3. The van der Waals surface area contributed by atoms with Gasteiger partial charge in [-0.25, -0.2) is 16.8 Å². The van der Waals surface area contributed by atoms with E-state index < -0.39 is 31.8 Å². The highest BCUT2D eigenvalue weighted by atomic mass is 35.5. The Labute approximate surface area is 217 Å². The number of sulfone groups is 1. The minimum absolute atomic E-state index is 0.0757. The number of sulfonamides is 1. The number of fused-ring (bicyclic) bond motifs is 1. The van der Waals surface area contributed by atoms with E-state index in [1.807, 2.05) is 10.8 Å². The quantitative estimate of drug-likeness (QED) is 0.429. The molecule has 1 aliphatic heterocycles. The molecule has 4 rings (SSSR count). The zero-order chi connectivity index (χ0) is 25.4. The Bertz CT molecular complexity index is 1540. The molecule has 1 saturated heterocycles. The molecule has 35 heavy (non-hydrogen) atoms. The van der Waals surface area contributed by atoms with Crippen molar-refractivity contribution in [2.24, 2.45) is 4.99 Å². The molecule has 8 nitrogen and oxygen atoms in total. The van der Waals surface area contributed by atoms with Gasteiger partial charge in [0.15, 0.2) is 14.6 Å². The average Bonchev–Trinajstić information content (AvgIpc) is 3.42. The molecule has 2 heterocycles. The van der Waals surface area contributed by atoms with Gasteiger partial charge < -0.3 is 4.57 Å². The van der Waals surface area contributed by atoms with Crippen LogP contribution >= 0.6 is 34.7 Å². The average molecular weight is 574 g/mol. The molecule has 1 fully saturated rings. The number of nitrogens with zero attached hydrogens (tertiary/aromatic N) is 3. The van der Waals surface area contributed by atoms with Gasteiger partial charge in [0, 0.05) is 30.1 Å². The number of hydrogen-bond donors (Lipinski definition) is 0.